The third-order valence-corrected chi connectivity index (χ3v) is 4.07. The van der Waals surface area contributed by atoms with E-state index in [0.717, 1.165) is 21.2 Å². The highest BCUT2D eigenvalue weighted by molar-refractivity contribution is 9.10. The molecule has 2 aromatic rings. The van der Waals surface area contributed by atoms with Crippen LogP contribution in [0.5, 0.6) is 11.5 Å². The molecule has 0 heterocycles. The molecule has 0 amide bonds. The molecule has 0 aromatic heterocycles. The van der Waals surface area contributed by atoms with Gasteiger partial charge in [-0.25, -0.2) is 0 Å². The summed E-state index contributed by atoms with van der Waals surface area (Å²) in [5, 5.41) is 9.54. The Kier molecular flexibility index (Phi) is 6.66. The number of hydrogen-bond acceptors (Lipinski definition) is 3. The molecule has 0 saturated carbocycles. The van der Waals surface area contributed by atoms with Crippen LogP contribution >= 0.6 is 15.9 Å². The first-order valence-electron chi connectivity index (χ1n) is 8.26. The SMILES string of the molecule is CCOc1cc(/C=C(/C#N)c2ccc(C)cc2)cc(Br)c1OC(C)C. The van der Waals surface area contributed by atoms with E-state index in [1.165, 1.54) is 0 Å². The number of ether oxygens (including phenoxy) is 2. The van der Waals surface area contributed by atoms with Gasteiger partial charge in [0.25, 0.3) is 0 Å². The van der Waals surface area contributed by atoms with Gasteiger partial charge in [0.2, 0.25) is 0 Å². The second-order valence-electron chi connectivity index (χ2n) is 5.97. The maximum absolute atomic E-state index is 9.54. The summed E-state index contributed by atoms with van der Waals surface area (Å²) in [5.74, 6) is 1.35. The molecule has 2 aromatic carbocycles. The highest BCUT2D eigenvalue weighted by Crippen LogP contribution is 2.38. The van der Waals surface area contributed by atoms with Gasteiger partial charge < -0.3 is 9.47 Å². The smallest absolute Gasteiger partial charge is 0.175 e. The lowest BCUT2D eigenvalue weighted by Gasteiger charge is -2.17. The van der Waals surface area contributed by atoms with E-state index in [9.17, 15) is 5.26 Å². The zero-order valence-electron chi connectivity index (χ0n) is 15.0. The van der Waals surface area contributed by atoms with E-state index < -0.39 is 0 Å². The monoisotopic (exact) mass is 399 g/mol. The average Bonchev–Trinajstić information content (AvgIpc) is 2.57. The van der Waals surface area contributed by atoms with Crippen LogP contribution in [0.25, 0.3) is 11.6 Å². The average molecular weight is 400 g/mol. The zero-order valence-corrected chi connectivity index (χ0v) is 16.6. The molecule has 0 aliphatic rings. The third kappa shape index (κ3) is 5.11. The van der Waals surface area contributed by atoms with Crippen molar-refractivity contribution in [2.45, 2.75) is 33.8 Å². The standard InChI is InChI=1S/C21H22BrNO2/c1-5-24-20-12-16(11-19(22)21(20)25-14(2)3)10-18(13-23)17-8-6-15(4)7-9-17/h6-12,14H,5H2,1-4H3/b18-10-. The summed E-state index contributed by atoms with van der Waals surface area (Å²) in [5.41, 5.74) is 3.54. The van der Waals surface area contributed by atoms with E-state index in [4.69, 9.17) is 9.47 Å². The molecule has 0 aliphatic carbocycles. The Morgan fingerprint density at radius 3 is 2.48 bits per heavy atom. The van der Waals surface area contributed by atoms with Crippen LogP contribution in [0.1, 0.15) is 37.5 Å². The highest BCUT2D eigenvalue weighted by atomic mass is 79.9. The maximum atomic E-state index is 9.54. The van der Waals surface area contributed by atoms with E-state index in [1.54, 1.807) is 0 Å². The molecule has 2 rings (SSSR count). The van der Waals surface area contributed by atoms with Crippen LogP contribution in [0, 0.1) is 18.3 Å². The lowest BCUT2D eigenvalue weighted by Crippen LogP contribution is -2.08. The molecule has 0 fully saturated rings. The van der Waals surface area contributed by atoms with Gasteiger partial charge in [-0.15, -0.1) is 0 Å². The summed E-state index contributed by atoms with van der Waals surface area (Å²) in [4.78, 5) is 0. The van der Waals surface area contributed by atoms with Crippen molar-refractivity contribution in [3.05, 3.63) is 57.6 Å². The fourth-order valence-electron chi connectivity index (χ4n) is 2.36. The van der Waals surface area contributed by atoms with Crippen LogP contribution in [-0.4, -0.2) is 12.7 Å². The van der Waals surface area contributed by atoms with E-state index >= 15 is 0 Å². The molecule has 0 aliphatic heterocycles. The molecule has 0 N–H and O–H groups in total. The van der Waals surface area contributed by atoms with Crippen molar-refractivity contribution in [3.8, 4) is 17.6 Å². The van der Waals surface area contributed by atoms with Crippen LogP contribution in [0.3, 0.4) is 0 Å². The quantitative estimate of drug-likeness (QED) is 0.441. The molecule has 0 bridgehead atoms. The zero-order chi connectivity index (χ0) is 18.4. The van der Waals surface area contributed by atoms with Gasteiger partial charge in [0, 0.05) is 0 Å². The van der Waals surface area contributed by atoms with E-state index in [1.807, 2.05) is 70.2 Å². The molecular weight excluding hydrogens is 378 g/mol. The number of nitrogens with zero attached hydrogens (tertiary/aromatic N) is 1. The number of allylic oxidation sites excluding steroid dienone is 1. The predicted octanol–water partition coefficient (Wildman–Crippen LogP) is 6.01. The fourth-order valence-corrected chi connectivity index (χ4v) is 2.92. The number of nitriles is 1. The summed E-state index contributed by atoms with van der Waals surface area (Å²) in [6, 6.07) is 14.0. The summed E-state index contributed by atoms with van der Waals surface area (Å²) in [6.45, 7) is 8.44. The fraction of sp³-hybridized carbons (Fsp3) is 0.286. The Morgan fingerprint density at radius 2 is 1.92 bits per heavy atom. The lowest BCUT2D eigenvalue weighted by atomic mass is 10.0. The van der Waals surface area contributed by atoms with Gasteiger partial charge in [-0.3, -0.25) is 0 Å². The Hall–Kier alpha value is -2.25. The van der Waals surface area contributed by atoms with Gasteiger partial charge in [-0.1, -0.05) is 29.8 Å². The van der Waals surface area contributed by atoms with E-state index in [0.29, 0.717) is 23.7 Å². The normalized spacial score (nSPS) is 11.3. The van der Waals surface area contributed by atoms with Crippen molar-refractivity contribution in [2.75, 3.05) is 6.61 Å². The van der Waals surface area contributed by atoms with Crippen LogP contribution in [0.2, 0.25) is 0 Å². The highest BCUT2D eigenvalue weighted by Gasteiger charge is 2.13. The van der Waals surface area contributed by atoms with Crippen LogP contribution in [0.4, 0.5) is 0 Å². The maximum Gasteiger partial charge on any atom is 0.175 e. The van der Waals surface area contributed by atoms with Crippen LogP contribution in [0.15, 0.2) is 40.9 Å². The van der Waals surface area contributed by atoms with Gasteiger partial charge in [-0.2, -0.15) is 5.26 Å². The largest absolute Gasteiger partial charge is 0.490 e. The van der Waals surface area contributed by atoms with Gasteiger partial charge >= 0.3 is 0 Å². The van der Waals surface area contributed by atoms with Gasteiger partial charge in [0.1, 0.15) is 0 Å². The number of aryl methyl sites for hydroxylation is 1. The van der Waals surface area contributed by atoms with Gasteiger partial charge in [0.05, 0.1) is 28.8 Å². The van der Waals surface area contributed by atoms with Crippen molar-refractivity contribution in [1.29, 1.82) is 5.26 Å². The number of hydrogen-bond donors (Lipinski definition) is 0. The first-order valence-corrected chi connectivity index (χ1v) is 9.05. The van der Waals surface area contributed by atoms with Crippen molar-refractivity contribution in [1.82, 2.24) is 0 Å². The molecular formula is C21H22BrNO2. The number of rotatable bonds is 6. The lowest BCUT2D eigenvalue weighted by molar-refractivity contribution is 0.222. The molecule has 0 saturated heterocycles. The minimum Gasteiger partial charge on any atom is -0.490 e. The van der Waals surface area contributed by atoms with Crippen molar-refractivity contribution < 1.29 is 9.47 Å². The van der Waals surface area contributed by atoms with E-state index in [-0.39, 0.29) is 6.10 Å². The van der Waals surface area contributed by atoms with Crippen LogP contribution in [-0.2, 0) is 0 Å². The minimum absolute atomic E-state index is 0.0409. The minimum atomic E-state index is 0.0409. The topological polar surface area (TPSA) is 42.2 Å². The number of halogens is 1. The first-order chi connectivity index (χ1) is 11.9. The molecule has 0 atom stereocenters. The molecule has 0 spiro atoms. The first kappa shape index (κ1) is 19.1. The van der Waals surface area contributed by atoms with Crippen molar-refractivity contribution >= 4 is 27.6 Å². The Bertz CT molecular complexity index is 802. The van der Waals surface area contributed by atoms with Crippen molar-refractivity contribution in [3.63, 3.8) is 0 Å². The third-order valence-electron chi connectivity index (χ3n) is 3.48. The predicted molar refractivity (Wildman–Crippen MR) is 106 cm³/mol. The van der Waals surface area contributed by atoms with Crippen LogP contribution < -0.4 is 9.47 Å². The summed E-state index contributed by atoms with van der Waals surface area (Å²) >= 11 is 3.56. The van der Waals surface area contributed by atoms with Crippen molar-refractivity contribution in [2.24, 2.45) is 0 Å². The second kappa shape index (κ2) is 8.73. The molecule has 0 radical (unpaired) electrons. The molecule has 4 heteroatoms. The van der Waals surface area contributed by atoms with Gasteiger partial charge in [0.15, 0.2) is 11.5 Å². The Balaban J connectivity index is 2.47. The Labute approximate surface area is 158 Å². The van der Waals surface area contributed by atoms with Gasteiger partial charge in [-0.05, 0) is 73.0 Å². The summed E-state index contributed by atoms with van der Waals surface area (Å²) < 4.78 is 12.4. The summed E-state index contributed by atoms with van der Waals surface area (Å²) in [7, 11) is 0. The molecule has 3 nitrogen and oxygen atoms in total. The van der Waals surface area contributed by atoms with E-state index in [2.05, 4.69) is 22.0 Å². The molecule has 130 valence electrons. The Morgan fingerprint density at radius 1 is 1.24 bits per heavy atom. The summed E-state index contributed by atoms with van der Waals surface area (Å²) in [6.07, 6.45) is 1.90. The molecule has 0 unspecified atom stereocenters. The number of benzene rings is 2. The second-order valence-corrected chi connectivity index (χ2v) is 6.82. The molecule has 25 heavy (non-hydrogen) atoms.